The summed E-state index contributed by atoms with van der Waals surface area (Å²) in [5.41, 5.74) is 0.0923. The Labute approximate surface area is 173 Å². The molecule has 148 valence electrons. The first-order valence-corrected chi connectivity index (χ1v) is 10.2. The summed E-state index contributed by atoms with van der Waals surface area (Å²) in [6.45, 7) is 4.47. The number of hydrogen-bond donors (Lipinski definition) is 3. The van der Waals surface area contributed by atoms with Crippen LogP contribution in [0.25, 0.3) is 0 Å². The van der Waals surface area contributed by atoms with Crippen molar-refractivity contribution >= 4 is 39.2 Å². The van der Waals surface area contributed by atoms with Crippen molar-refractivity contribution in [2.75, 3.05) is 16.8 Å². The van der Waals surface area contributed by atoms with Gasteiger partial charge in [0.05, 0.1) is 5.69 Å². The molecule has 0 saturated heterocycles. The topological polar surface area (TPSA) is 81.7 Å². The minimum absolute atomic E-state index is 0.315. The highest BCUT2D eigenvalue weighted by Gasteiger charge is 2.52. The first-order valence-electron chi connectivity index (χ1n) is 9.42. The molecule has 1 aliphatic heterocycles. The van der Waals surface area contributed by atoms with E-state index in [0.29, 0.717) is 28.0 Å². The van der Waals surface area contributed by atoms with Crippen LogP contribution in [0.1, 0.15) is 37.8 Å². The van der Waals surface area contributed by atoms with Crippen LogP contribution in [-0.2, 0) is 16.9 Å². The Morgan fingerprint density at radius 1 is 1.21 bits per heavy atom. The second-order valence-corrected chi connectivity index (χ2v) is 7.67. The van der Waals surface area contributed by atoms with Crippen molar-refractivity contribution in [3.63, 3.8) is 0 Å². The molecular weight excluding hydrogens is 422 g/mol. The van der Waals surface area contributed by atoms with Crippen molar-refractivity contribution in [2.45, 2.75) is 38.8 Å². The third-order valence-corrected chi connectivity index (χ3v) is 5.35. The second kappa shape index (κ2) is 8.32. The van der Waals surface area contributed by atoms with Gasteiger partial charge in [-0.05, 0) is 48.7 Å². The summed E-state index contributed by atoms with van der Waals surface area (Å²) in [6.07, 6.45) is 2.54. The van der Waals surface area contributed by atoms with E-state index in [1.807, 2.05) is 26.0 Å². The third kappa shape index (κ3) is 3.64. The number of halogens is 1. The van der Waals surface area contributed by atoms with Crippen LogP contribution >= 0.6 is 15.9 Å². The Bertz CT molecular complexity index is 885. The summed E-state index contributed by atoms with van der Waals surface area (Å²) in [6, 6.07) is 11.8. The molecule has 3 rings (SSSR count). The monoisotopic (exact) mass is 445 g/mol. The molecule has 1 aliphatic rings. The Morgan fingerprint density at radius 2 is 1.93 bits per heavy atom. The van der Waals surface area contributed by atoms with E-state index < -0.39 is 17.7 Å². The first-order chi connectivity index (χ1) is 13.4. The largest absolute Gasteiger partial charge is 0.359 e. The number of unbranched alkanes of at least 4 members (excludes halogenated alkanes) is 1. The maximum absolute atomic E-state index is 13.1. The summed E-state index contributed by atoms with van der Waals surface area (Å²) in [5, 5.41) is 17.2. The van der Waals surface area contributed by atoms with E-state index in [2.05, 4.69) is 26.6 Å². The van der Waals surface area contributed by atoms with Crippen LogP contribution in [0.5, 0.6) is 0 Å². The van der Waals surface area contributed by atoms with E-state index >= 15 is 0 Å². The van der Waals surface area contributed by atoms with Crippen molar-refractivity contribution < 1.29 is 14.7 Å². The van der Waals surface area contributed by atoms with Gasteiger partial charge in [-0.3, -0.25) is 9.69 Å². The number of hydrogen-bond acceptors (Lipinski definition) is 3. The zero-order valence-electron chi connectivity index (χ0n) is 16.0. The lowest BCUT2D eigenvalue weighted by Crippen LogP contribution is -2.62. The van der Waals surface area contributed by atoms with Gasteiger partial charge >= 0.3 is 6.03 Å². The Balaban J connectivity index is 2.12. The number of carbonyl (C=O) groups is 2. The van der Waals surface area contributed by atoms with E-state index in [9.17, 15) is 14.7 Å². The highest BCUT2D eigenvalue weighted by molar-refractivity contribution is 9.10. The molecule has 1 atom stereocenters. The normalized spacial score (nSPS) is 18.4. The van der Waals surface area contributed by atoms with Crippen molar-refractivity contribution in [1.82, 2.24) is 5.32 Å². The van der Waals surface area contributed by atoms with Gasteiger partial charge in [0.15, 0.2) is 0 Å². The van der Waals surface area contributed by atoms with Gasteiger partial charge < -0.3 is 15.7 Å². The predicted molar refractivity (Wildman–Crippen MR) is 113 cm³/mol. The van der Waals surface area contributed by atoms with Crippen molar-refractivity contribution in [1.29, 1.82) is 0 Å². The van der Waals surface area contributed by atoms with Crippen LogP contribution < -0.4 is 15.5 Å². The lowest BCUT2D eigenvalue weighted by atomic mass is 9.94. The molecule has 3 amide bonds. The Kier molecular flexibility index (Phi) is 6.05. The molecule has 0 fully saturated rings. The summed E-state index contributed by atoms with van der Waals surface area (Å²) in [4.78, 5) is 27.1. The number of aryl methyl sites for hydroxylation is 1. The molecule has 2 aromatic carbocycles. The number of nitrogens with one attached hydrogen (secondary N) is 2. The van der Waals surface area contributed by atoms with Gasteiger partial charge in [0.25, 0.3) is 11.6 Å². The molecule has 1 heterocycles. The van der Waals surface area contributed by atoms with Gasteiger partial charge in [0.1, 0.15) is 0 Å². The quantitative estimate of drug-likeness (QED) is 0.584. The summed E-state index contributed by atoms with van der Waals surface area (Å²) in [7, 11) is 0. The van der Waals surface area contributed by atoms with Crippen LogP contribution in [0.4, 0.5) is 16.2 Å². The van der Waals surface area contributed by atoms with E-state index in [0.717, 1.165) is 29.7 Å². The van der Waals surface area contributed by atoms with E-state index in [1.54, 1.807) is 30.3 Å². The zero-order chi connectivity index (χ0) is 20.3. The number of anilines is 2. The molecule has 1 unspecified atom stereocenters. The van der Waals surface area contributed by atoms with Gasteiger partial charge in [-0.15, -0.1) is 0 Å². The van der Waals surface area contributed by atoms with Crippen molar-refractivity contribution in [2.24, 2.45) is 0 Å². The molecule has 7 heteroatoms. The van der Waals surface area contributed by atoms with E-state index in [1.165, 1.54) is 0 Å². The molecule has 0 aromatic heterocycles. The SMILES string of the molecule is CCCCNC(=O)C1(O)c2cc(Br)ccc2NC(=O)N1c1ccc(CC)cc1. The smallest absolute Gasteiger partial charge is 0.329 e. The van der Waals surface area contributed by atoms with Crippen molar-refractivity contribution in [3.05, 3.63) is 58.1 Å². The first kappa shape index (κ1) is 20.4. The molecule has 28 heavy (non-hydrogen) atoms. The lowest BCUT2D eigenvalue weighted by molar-refractivity contribution is -0.140. The zero-order valence-corrected chi connectivity index (χ0v) is 17.5. The summed E-state index contributed by atoms with van der Waals surface area (Å²) in [5.74, 6) is -0.630. The number of nitrogens with zero attached hydrogens (tertiary/aromatic N) is 1. The minimum Gasteiger partial charge on any atom is -0.359 e. The molecule has 0 bridgehead atoms. The van der Waals surface area contributed by atoms with Crippen LogP contribution in [-0.4, -0.2) is 23.6 Å². The van der Waals surface area contributed by atoms with Gasteiger partial charge in [-0.25, -0.2) is 4.79 Å². The molecular formula is C21H24BrN3O3. The molecule has 0 saturated carbocycles. The fraction of sp³-hybridized carbons (Fsp3) is 0.333. The number of rotatable bonds is 6. The highest BCUT2D eigenvalue weighted by atomic mass is 79.9. The minimum atomic E-state index is -2.16. The fourth-order valence-electron chi connectivity index (χ4n) is 3.26. The number of benzene rings is 2. The van der Waals surface area contributed by atoms with Gasteiger partial charge in [-0.1, -0.05) is 48.3 Å². The molecule has 0 spiro atoms. The van der Waals surface area contributed by atoms with Gasteiger partial charge in [0.2, 0.25) is 0 Å². The van der Waals surface area contributed by atoms with Gasteiger partial charge in [0, 0.05) is 22.3 Å². The number of fused-ring (bicyclic) bond motifs is 1. The van der Waals surface area contributed by atoms with Gasteiger partial charge in [-0.2, -0.15) is 0 Å². The second-order valence-electron chi connectivity index (χ2n) is 6.76. The standard InChI is InChI=1S/C21H24BrN3O3/c1-3-5-12-23-19(26)21(28)17-13-15(22)8-11-18(17)24-20(27)25(21)16-9-6-14(4-2)7-10-16/h6-11,13,28H,3-5,12H2,1-2H3,(H,23,26)(H,24,27). The number of carbonyl (C=O) groups excluding carboxylic acids is 2. The molecule has 6 nitrogen and oxygen atoms in total. The maximum Gasteiger partial charge on any atom is 0.329 e. The Hall–Kier alpha value is -2.38. The fourth-order valence-corrected chi connectivity index (χ4v) is 3.62. The average Bonchev–Trinajstić information content (AvgIpc) is 2.69. The number of urea groups is 1. The Morgan fingerprint density at radius 3 is 2.57 bits per heavy atom. The summed E-state index contributed by atoms with van der Waals surface area (Å²) >= 11 is 3.39. The third-order valence-electron chi connectivity index (χ3n) is 4.86. The number of amides is 3. The van der Waals surface area contributed by atoms with Crippen LogP contribution in [0, 0.1) is 0 Å². The van der Waals surface area contributed by atoms with Crippen molar-refractivity contribution in [3.8, 4) is 0 Å². The molecule has 2 aromatic rings. The van der Waals surface area contributed by atoms with E-state index in [4.69, 9.17) is 0 Å². The maximum atomic E-state index is 13.1. The highest BCUT2D eigenvalue weighted by Crippen LogP contribution is 2.41. The molecule has 0 aliphatic carbocycles. The summed E-state index contributed by atoms with van der Waals surface area (Å²) < 4.78 is 0.698. The molecule has 0 radical (unpaired) electrons. The lowest BCUT2D eigenvalue weighted by Gasteiger charge is -2.42. The van der Waals surface area contributed by atoms with Crippen LogP contribution in [0.3, 0.4) is 0 Å². The molecule has 3 N–H and O–H groups in total. The van der Waals surface area contributed by atoms with Crippen LogP contribution in [0.15, 0.2) is 46.9 Å². The van der Waals surface area contributed by atoms with E-state index in [-0.39, 0.29) is 0 Å². The van der Waals surface area contributed by atoms with Crippen LogP contribution in [0.2, 0.25) is 0 Å². The number of aliphatic hydroxyl groups is 1. The predicted octanol–water partition coefficient (Wildman–Crippen LogP) is 4.13. The average molecular weight is 446 g/mol.